The minimum atomic E-state index is 0.370. The lowest BCUT2D eigenvalue weighted by Crippen LogP contribution is -2.36. The number of unbranched alkanes of at least 4 members (excludes halogenated alkanes) is 1. The summed E-state index contributed by atoms with van der Waals surface area (Å²) in [6, 6.07) is 2.20. The lowest BCUT2D eigenvalue weighted by Gasteiger charge is -2.33. The molecule has 0 saturated heterocycles. The lowest BCUT2D eigenvalue weighted by atomic mass is 9.75. The highest BCUT2D eigenvalue weighted by molar-refractivity contribution is 9.10. The molecule has 0 aliphatic heterocycles. The molecule has 1 aromatic heterocycles. The summed E-state index contributed by atoms with van der Waals surface area (Å²) in [5.41, 5.74) is 1.71. The number of nitrogens with zero attached hydrogens (tertiary/aromatic N) is 1. The van der Waals surface area contributed by atoms with Crippen LogP contribution in [0, 0.1) is 5.41 Å². The summed E-state index contributed by atoms with van der Waals surface area (Å²) in [5, 5.41) is 3.55. The first kappa shape index (κ1) is 16.6. The maximum Gasteiger partial charge on any atom is 0.0410 e. The third-order valence-electron chi connectivity index (χ3n) is 3.90. The van der Waals surface area contributed by atoms with Crippen LogP contribution in [0.2, 0.25) is 0 Å². The van der Waals surface area contributed by atoms with Crippen molar-refractivity contribution in [2.75, 3.05) is 13.1 Å². The second-order valence-corrected chi connectivity index (χ2v) is 6.34. The van der Waals surface area contributed by atoms with E-state index in [1.54, 1.807) is 0 Å². The Hall–Kier alpha value is -0.410. The van der Waals surface area contributed by atoms with E-state index in [9.17, 15) is 0 Å². The molecule has 0 saturated carbocycles. The van der Waals surface area contributed by atoms with E-state index in [2.05, 4.69) is 53.1 Å². The smallest absolute Gasteiger partial charge is 0.0410 e. The zero-order valence-electron chi connectivity index (χ0n) is 12.5. The van der Waals surface area contributed by atoms with Crippen LogP contribution >= 0.6 is 15.9 Å². The molecule has 1 aromatic rings. The van der Waals surface area contributed by atoms with E-state index in [-0.39, 0.29) is 0 Å². The standard InChI is InChI=1S/C16H27BrN2/c1-4-7-8-16(5-2,13-18-6-3)10-14-9-15(17)12-19-11-14/h9,11-12,18H,4-8,10,13H2,1-3H3. The summed E-state index contributed by atoms with van der Waals surface area (Å²) < 4.78 is 1.08. The van der Waals surface area contributed by atoms with E-state index in [4.69, 9.17) is 0 Å². The predicted molar refractivity (Wildman–Crippen MR) is 86.4 cm³/mol. The van der Waals surface area contributed by atoms with Crippen LogP contribution in [-0.4, -0.2) is 18.1 Å². The van der Waals surface area contributed by atoms with Gasteiger partial charge in [0, 0.05) is 23.4 Å². The van der Waals surface area contributed by atoms with Crippen molar-refractivity contribution >= 4 is 15.9 Å². The Morgan fingerprint density at radius 2 is 2.05 bits per heavy atom. The molecule has 0 bridgehead atoms. The molecule has 0 radical (unpaired) electrons. The van der Waals surface area contributed by atoms with Gasteiger partial charge in [-0.3, -0.25) is 4.98 Å². The average molecular weight is 327 g/mol. The van der Waals surface area contributed by atoms with Gasteiger partial charge in [0.1, 0.15) is 0 Å². The van der Waals surface area contributed by atoms with Crippen LogP contribution in [0.5, 0.6) is 0 Å². The Balaban J connectivity index is 2.81. The highest BCUT2D eigenvalue weighted by atomic mass is 79.9. The van der Waals surface area contributed by atoms with Gasteiger partial charge in [0.05, 0.1) is 0 Å². The summed E-state index contributed by atoms with van der Waals surface area (Å²) in [6.45, 7) is 8.92. The van der Waals surface area contributed by atoms with E-state index in [0.717, 1.165) is 24.0 Å². The van der Waals surface area contributed by atoms with Gasteiger partial charge in [0.2, 0.25) is 0 Å². The molecule has 0 amide bonds. The second kappa shape index (κ2) is 8.70. The SMILES string of the molecule is CCCCC(CC)(CNCC)Cc1cncc(Br)c1. The zero-order valence-corrected chi connectivity index (χ0v) is 14.1. The lowest BCUT2D eigenvalue weighted by molar-refractivity contribution is 0.230. The molecule has 0 aliphatic carbocycles. The van der Waals surface area contributed by atoms with Crippen LogP contribution in [0.25, 0.3) is 0 Å². The summed E-state index contributed by atoms with van der Waals surface area (Å²) >= 11 is 3.52. The Bertz CT molecular complexity index is 358. The van der Waals surface area contributed by atoms with Gasteiger partial charge in [-0.1, -0.05) is 33.6 Å². The van der Waals surface area contributed by atoms with E-state index in [1.165, 1.54) is 31.2 Å². The Morgan fingerprint density at radius 3 is 2.63 bits per heavy atom. The van der Waals surface area contributed by atoms with Gasteiger partial charge in [0.15, 0.2) is 0 Å². The molecule has 3 heteroatoms. The van der Waals surface area contributed by atoms with Crippen LogP contribution in [0.4, 0.5) is 0 Å². The van der Waals surface area contributed by atoms with Gasteiger partial charge in [-0.05, 0) is 58.8 Å². The number of aromatic nitrogens is 1. The minimum Gasteiger partial charge on any atom is -0.316 e. The van der Waals surface area contributed by atoms with Crippen LogP contribution in [0.1, 0.15) is 52.0 Å². The number of pyridine rings is 1. The maximum absolute atomic E-state index is 4.30. The van der Waals surface area contributed by atoms with Crippen molar-refractivity contribution in [1.29, 1.82) is 0 Å². The Labute approximate surface area is 126 Å². The van der Waals surface area contributed by atoms with Crippen LogP contribution in [0.3, 0.4) is 0 Å². The quantitative estimate of drug-likeness (QED) is 0.718. The monoisotopic (exact) mass is 326 g/mol. The number of rotatable bonds is 9. The normalized spacial score (nSPS) is 14.3. The third kappa shape index (κ3) is 5.62. The highest BCUT2D eigenvalue weighted by Crippen LogP contribution is 2.33. The van der Waals surface area contributed by atoms with Crippen molar-refractivity contribution in [3.63, 3.8) is 0 Å². The molecule has 1 atom stereocenters. The first-order valence-corrected chi connectivity index (χ1v) is 8.25. The number of nitrogens with one attached hydrogen (secondary N) is 1. The van der Waals surface area contributed by atoms with E-state index < -0.39 is 0 Å². The van der Waals surface area contributed by atoms with Crippen molar-refractivity contribution in [2.24, 2.45) is 5.41 Å². The fourth-order valence-electron chi connectivity index (χ4n) is 2.59. The third-order valence-corrected chi connectivity index (χ3v) is 4.33. The molecule has 0 aliphatic rings. The summed E-state index contributed by atoms with van der Waals surface area (Å²) in [7, 11) is 0. The maximum atomic E-state index is 4.30. The van der Waals surface area contributed by atoms with Gasteiger partial charge in [0.25, 0.3) is 0 Å². The molecule has 108 valence electrons. The van der Waals surface area contributed by atoms with Gasteiger partial charge in [-0.25, -0.2) is 0 Å². The Kier molecular flexibility index (Phi) is 7.62. The molecule has 1 unspecified atom stereocenters. The topological polar surface area (TPSA) is 24.9 Å². The molecule has 19 heavy (non-hydrogen) atoms. The number of halogens is 1. The number of hydrogen-bond donors (Lipinski definition) is 1. The number of hydrogen-bond acceptors (Lipinski definition) is 2. The van der Waals surface area contributed by atoms with Crippen LogP contribution in [-0.2, 0) is 6.42 Å². The van der Waals surface area contributed by atoms with Gasteiger partial charge >= 0.3 is 0 Å². The van der Waals surface area contributed by atoms with E-state index in [0.29, 0.717) is 5.41 Å². The minimum absolute atomic E-state index is 0.370. The second-order valence-electron chi connectivity index (χ2n) is 5.43. The molecule has 2 nitrogen and oxygen atoms in total. The molecule has 0 fully saturated rings. The Morgan fingerprint density at radius 1 is 1.26 bits per heavy atom. The highest BCUT2D eigenvalue weighted by Gasteiger charge is 2.27. The van der Waals surface area contributed by atoms with Crippen LogP contribution in [0.15, 0.2) is 22.9 Å². The molecular weight excluding hydrogens is 300 g/mol. The summed E-state index contributed by atoms with van der Waals surface area (Å²) in [6.07, 6.45) is 10.1. The summed E-state index contributed by atoms with van der Waals surface area (Å²) in [5.74, 6) is 0. The molecule has 0 aromatic carbocycles. The van der Waals surface area contributed by atoms with Crippen molar-refractivity contribution < 1.29 is 0 Å². The van der Waals surface area contributed by atoms with Crippen LogP contribution < -0.4 is 5.32 Å². The van der Waals surface area contributed by atoms with E-state index >= 15 is 0 Å². The zero-order chi connectivity index (χ0) is 14.1. The van der Waals surface area contributed by atoms with E-state index in [1.807, 2.05) is 12.4 Å². The largest absolute Gasteiger partial charge is 0.316 e. The fourth-order valence-corrected chi connectivity index (χ4v) is 3.01. The predicted octanol–water partition coefficient (Wildman–Crippen LogP) is 4.58. The average Bonchev–Trinajstić information content (AvgIpc) is 2.42. The fraction of sp³-hybridized carbons (Fsp3) is 0.688. The molecule has 1 rings (SSSR count). The molecule has 1 N–H and O–H groups in total. The molecule has 0 spiro atoms. The van der Waals surface area contributed by atoms with Gasteiger partial charge in [-0.2, -0.15) is 0 Å². The van der Waals surface area contributed by atoms with Crippen molar-refractivity contribution in [3.8, 4) is 0 Å². The van der Waals surface area contributed by atoms with Gasteiger partial charge in [-0.15, -0.1) is 0 Å². The first-order chi connectivity index (χ1) is 9.15. The van der Waals surface area contributed by atoms with Gasteiger partial charge < -0.3 is 5.32 Å². The first-order valence-electron chi connectivity index (χ1n) is 7.46. The van der Waals surface area contributed by atoms with Crippen molar-refractivity contribution in [2.45, 2.75) is 52.9 Å². The summed E-state index contributed by atoms with van der Waals surface area (Å²) in [4.78, 5) is 4.30. The molecular formula is C16H27BrN2. The molecule has 1 heterocycles. The van der Waals surface area contributed by atoms with Crippen molar-refractivity contribution in [3.05, 3.63) is 28.5 Å². The van der Waals surface area contributed by atoms with Crippen molar-refractivity contribution in [1.82, 2.24) is 10.3 Å².